The zero-order valence-corrected chi connectivity index (χ0v) is 12.5. The SMILES string of the molecule is CCc1cc(CN2CCN(C(C)CN)CC2)n(C)n1. The van der Waals surface area contributed by atoms with Crippen molar-refractivity contribution in [1.82, 2.24) is 19.6 Å². The highest BCUT2D eigenvalue weighted by Crippen LogP contribution is 2.11. The first-order valence-electron chi connectivity index (χ1n) is 7.32. The van der Waals surface area contributed by atoms with Crippen molar-refractivity contribution in [2.45, 2.75) is 32.9 Å². The van der Waals surface area contributed by atoms with Gasteiger partial charge in [-0.05, 0) is 19.4 Å². The minimum Gasteiger partial charge on any atom is -0.329 e. The predicted octanol–water partition coefficient (Wildman–Crippen LogP) is 0.447. The molecule has 108 valence electrons. The fourth-order valence-corrected chi connectivity index (χ4v) is 2.63. The maximum atomic E-state index is 5.73. The topological polar surface area (TPSA) is 50.3 Å². The minimum absolute atomic E-state index is 0.505. The molecule has 1 atom stereocenters. The van der Waals surface area contributed by atoms with E-state index in [1.54, 1.807) is 0 Å². The molecule has 0 aliphatic carbocycles. The van der Waals surface area contributed by atoms with Gasteiger partial charge in [0.25, 0.3) is 0 Å². The van der Waals surface area contributed by atoms with Crippen LogP contribution in [-0.4, -0.2) is 58.3 Å². The van der Waals surface area contributed by atoms with Crippen molar-refractivity contribution in [3.63, 3.8) is 0 Å². The highest BCUT2D eigenvalue weighted by Gasteiger charge is 2.21. The Bertz CT molecular complexity index is 393. The second-order valence-corrected chi connectivity index (χ2v) is 5.50. The van der Waals surface area contributed by atoms with Crippen molar-refractivity contribution in [1.29, 1.82) is 0 Å². The standard InChI is InChI=1S/C14H27N5/c1-4-13-9-14(17(3)16-13)11-18-5-7-19(8-6-18)12(2)10-15/h9,12H,4-8,10-11,15H2,1-3H3. The summed E-state index contributed by atoms with van der Waals surface area (Å²) in [4.78, 5) is 4.99. The van der Waals surface area contributed by atoms with E-state index in [1.165, 1.54) is 11.4 Å². The molecule has 1 saturated heterocycles. The summed E-state index contributed by atoms with van der Waals surface area (Å²) in [6.45, 7) is 10.6. The zero-order chi connectivity index (χ0) is 13.8. The van der Waals surface area contributed by atoms with E-state index in [4.69, 9.17) is 5.73 Å². The first-order valence-corrected chi connectivity index (χ1v) is 7.32. The van der Waals surface area contributed by atoms with E-state index < -0.39 is 0 Å². The molecule has 0 radical (unpaired) electrons. The van der Waals surface area contributed by atoms with Crippen molar-refractivity contribution in [3.05, 3.63) is 17.5 Å². The van der Waals surface area contributed by atoms with E-state index >= 15 is 0 Å². The molecule has 1 unspecified atom stereocenters. The molecule has 2 N–H and O–H groups in total. The van der Waals surface area contributed by atoms with Crippen LogP contribution in [0.1, 0.15) is 25.2 Å². The Morgan fingerprint density at radius 2 is 2.00 bits per heavy atom. The summed E-state index contributed by atoms with van der Waals surface area (Å²) in [5.74, 6) is 0. The van der Waals surface area contributed by atoms with Crippen LogP contribution in [0, 0.1) is 0 Å². The Hall–Kier alpha value is -0.910. The van der Waals surface area contributed by atoms with Gasteiger partial charge in [-0.1, -0.05) is 6.92 Å². The number of nitrogens with zero attached hydrogens (tertiary/aromatic N) is 4. The Balaban J connectivity index is 1.86. The quantitative estimate of drug-likeness (QED) is 0.840. The summed E-state index contributed by atoms with van der Waals surface area (Å²) in [7, 11) is 2.04. The summed E-state index contributed by atoms with van der Waals surface area (Å²) in [6, 6.07) is 2.74. The molecular formula is C14H27N5. The van der Waals surface area contributed by atoms with Gasteiger partial charge in [0.15, 0.2) is 0 Å². The fraction of sp³-hybridized carbons (Fsp3) is 0.786. The van der Waals surface area contributed by atoms with Gasteiger partial charge < -0.3 is 5.73 Å². The molecule has 5 nitrogen and oxygen atoms in total. The lowest BCUT2D eigenvalue weighted by molar-refractivity contribution is 0.0989. The molecule has 0 saturated carbocycles. The first kappa shape index (κ1) is 14.5. The van der Waals surface area contributed by atoms with Crippen LogP contribution in [0.3, 0.4) is 0 Å². The Morgan fingerprint density at radius 3 is 2.53 bits per heavy atom. The van der Waals surface area contributed by atoms with Crippen LogP contribution >= 0.6 is 0 Å². The van der Waals surface area contributed by atoms with Gasteiger partial charge in [0.1, 0.15) is 0 Å². The monoisotopic (exact) mass is 265 g/mol. The number of piperazine rings is 1. The van der Waals surface area contributed by atoms with Crippen LogP contribution in [-0.2, 0) is 20.0 Å². The zero-order valence-electron chi connectivity index (χ0n) is 12.5. The van der Waals surface area contributed by atoms with Gasteiger partial charge in [0.05, 0.1) is 11.4 Å². The number of hydrogen-bond acceptors (Lipinski definition) is 4. The van der Waals surface area contributed by atoms with Crippen LogP contribution in [0.5, 0.6) is 0 Å². The van der Waals surface area contributed by atoms with Crippen LogP contribution < -0.4 is 5.73 Å². The van der Waals surface area contributed by atoms with Crippen molar-refractivity contribution >= 4 is 0 Å². The highest BCUT2D eigenvalue weighted by atomic mass is 15.3. The van der Waals surface area contributed by atoms with Gasteiger partial charge in [-0.25, -0.2) is 0 Å². The largest absolute Gasteiger partial charge is 0.329 e. The maximum absolute atomic E-state index is 5.73. The molecule has 19 heavy (non-hydrogen) atoms. The van der Waals surface area contributed by atoms with E-state index in [-0.39, 0.29) is 0 Å². The average Bonchev–Trinajstić information content (AvgIpc) is 2.79. The molecule has 0 aromatic carbocycles. The van der Waals surface area contributed by atoms with Crippen molar-refractivity contribution in [2.24, 2.45) is 12.8 Å². The number of aryl methyl sites for hydroxylation is 2. The third kappa shape index (κ3) is 3.55. The molecular weight excluding hydrogens is 238 g/mol. The maximum Gasteiger partial charge on any atom is 0.0625 e. The number of nitrogens with two attached hydrogens (primary N) is 1. The predicted molar refractivity (Wildman–Crippen MR) is 78.0 cm³/mol. The van der Waals surface area contributed by atoms with Crippen molar-refractivity contribution < 1.29 is 0 Å². The minimum atomic E-state index is 0.505. The third-order valence-electron chi connectivity index (χ3n) is 4.15. The highest BCUT2D eigenvalue weighted by molar-refractivity contribution is 5.10. The molecule has 1 aromatic heterocycles. The summed E-state index contributed by atoms with van der Waals surface area (Å²) in [5, 5.41) is 4.51. The Morgan fingerprint density at radius 1 is 1.32 bits per heavy atom. The molecule has 1 fully saturated rings. The van der Waals surface area contributed by atoms with Crippen molar-refractivity contribution in [3.8, 4) is 0 Å². The second-order valence-electron chi connectivity index (χ2n) is 5.50. The number of rotatable bonds is 5. The lowest BCUT2D eigenvalue weighted by Gasteiger charge is -2.37. The number of aromatic nitrogens is 2. The van der Waals surface area contributed by atoms with E-state index in [1.807, 2.05) is 11.7 Å². The van der Waals surface area contributed by atoms with Crippen LogP contribution in [0.2, 0.25) is 0 Å². The van der Waals surface area contributed by atoms with E-state index in [0.29, 0.717) is 6.04 Å². The molecule has 0 bridgehead atoms. The Kier molecular flexibility index (Phi) is 4.96. The van der Waals surface area contributed by atoms with Gasteiger partial charge in [0.2, 0.25) is 0 Å². The molecule has 5 heteroatoms. The Labute approximate surface area is 116 Å². The summed E-state index contributed by atoms with van der Waals surface area (Å²) < 4.78 is 2.02. The van der Waals surface area contributed by atoms with Crippen LogP contribution in [0.25, 0.3) is 0 Å². The van der Waals surface area contributed by atoms with E-state index in [2.05, 4.69) is 34.8 Å². The molecule has 2 heterocycles. The lowest BCUT2D eigenvalue weighted by atomic mass is 10.2. The van der Waals surface area contributed by atoms with E-state index in [9.17, 15) is 0 Å². The van der Waals surface area contributed by atoms with Gasteiger partial charge in [0, 0.05) is 52.4 Å². The molecule has 1 aliphatic heterocycles. The first-order chi connectivity index (χ1) is 9.13. The van der Waals surface area contributed by atoms with Crippen molar-refractivity contribution in [2.75, 3.05) is 32.7 Å². The second kappa shape index (κ2) is 6.50. The normalized spacial score (nSPS) is 19.8. The van der Waals surface area contributed by atoms with Gasteiger partial charge in [-0.2, -0.15) is 5.10 Å². The van der Waals surface area contributed by atoms with Gasteiger partial charge in [-0.3, -0.25) is 14.5 Å². The molecule has 2 rings (SSSR count). The van der Waals surface area contributed by atoms with Gasteiger partial charge >= 0.3 is 0 Å². The van der Waals surface area contributed by atoms with Gasteiger partial charge in [-0.15, -0.1) is 0 Å². The molecule has 0 spiro atoms. The summed E-state index contributed by atoms with van der Waals surface area (Å²) in [5.41, 5.74) is 8.24. The average molecular weight is 265 g/mol. The summed E-state index contributed by atoms with van der Waals surface area (Å²) >= 11 is 0. The lowest BCUT2D eigenvalue weighted by Crippen LogP contribution is -2.51. The van der Waals surface area contributed by atoms with E-state index in [0.717, 1.165) is 45.7 Å². The summed E-state index contributed by atoms with van der Waals surface area (Å²) in [6.07, 6.45) is 1.01. The van der Waals surface area contributed by atoms with Crippen LogP contribution in [0.4, 0.5) is 0 Å². The fourth-order valence-electron chi connectivity index (χ4n) is 2.63. The van der Waals surface area contributed by atoms with Crippen LogP contribution in [0.15, 0.2) is 6.07 Å². The molecule has 1 aromatic rings. The molecule has 1 aliphatic rings. The molecule has 0 amide bonds. The smallest absolute Gasteiger partial charge is 0.0625 e. The third-order valence-corrected chi connectivity index (χ3v) is 4.15. The number of hydrogen-bond donors (Lipinski definition) is 1.